The molecule has 164 valence electrons. The molecule has 2 fully saturated rings. The van der Waals surface area contributed by atoms with Gasteiger partial charge in [-0.2, -0.15) is 0 Å². The number of piperazine rings is 1. The smallest absolute Gasteiger partial charge is 0.228 e. The summed E-state index contributed by atoms with van der Waals surface area (Å²) >= 11 is 1.63. The van der Waals surface area contributed by atoms with Gasteiger partial charge in [-0.15, -0.1) is 11.3 Å². The van der Waals surface area contributed by atoms with Crippen molar-refractivity contribution in [2.45, 2.75) is 24.8 Å². The minimum atomic E-state index is -1.10. The van der Waals surface area contributed by atoms with E-state index in [1.165, 1.54) is 4.70 Å². The van der Waals surface area contributed by atoms with Gasteiger partial charge in [0.25, 0.3) is 0 Å². The zero-order valence-electron chi connectivity index (χ0n) is 17.6. The second-order valence-corrected chi connectivity index (χ2v) is 9.18. The first-order valence-corrected chi connectivity index (χ1v) is 11.7. The van der Waals surface area contributed by atoms with Crippen LogP contribution < -0.4 is 10.2 Å². The maximum atomic E-state index is 13.0. The summed E-state index contributed by atoms with van der Waals surface area (Å²) in [4.78, 5) is 46.2. The van der Waals surface area contributed by atoms with Crippen molar-refractivity contribution in [1.29, 1.82) is 0 Å². The third-order valence-electron chi connectivity index (χ3n) is 6.44. The molecule has 5 rings (SSSR count). The van der Waals surface area contributed by atoms with E-state index in [1.54, 1.807) is 11.3 Å². The summed E-state index contributed by atoms with van der Waals surface area (Å²) in [6.07, 6.45) is 0.359. The molecule has 7 nitrogen and oxygen atoms in total. The minimum absolute atomic E-state index is 0.0175. The molecule has 3 heterocycles. The highest BCUT2D eigenvalue weighted by molar-refractivity contribution is 7.16. The minimum Gasteiger partial charge on any atom is -0.368 e. The summed E-state index contributed by atoms with van der Waals surface area (Å²) in [7, 11) is 0. The molecule has 0 radical (unpaired) electrons. The van der Waals surface area contributed by atoms with Gasteiger partial charge in [0, 0.05) is 38.3 Å². The summed E-state index contributed by atoms with van der Waals surface area (Å²) in [5.74, 6) is -0.426. The number of amides is 2. The van der Waals surface area contributed by atoms with Crippen molar-refractivity contribution in [2.24, 2.45) is 0 Å². The molecule has 32 heavy (non-hydrogen) atoms. The van der Waals surface area contributed by atoms with Gasteiger partial charge in [0.15, 0.2) is 5.78 Å². The summed E-state index contributed by atoms with van der Waals surface area (Å²) < 4.78 is 1.17. The van der Waals surface area contributed by atoms with E-state index in [9.17, 15) is 14.4 Å². The second-order valence-electron chi connectivity index (χ2n) is 8.29. The van der Waals surface area contributed by atoms with Gasteiger partial charge in [-0.1, -0.05) is 30.3 Å². The Morgan fingerprint density at radius 1 is 1.06 bits per heavy atom. The maximum absolute atomic E-state index is 13.0. The predicted octanol–water partition coefficient (Wildman–Crippen LogP) is 2.71. The second kappa shape index (κ2) is 8.35. The van der Waals surface area contributed by atoms with Crippen LogP contribution in [0.15, 0.2) is 54.0 Å². The zero-order valence-corrected chi connectivity index (χ0v) is 18.4. The Bertz CT molecular complexity index is 1170. The van der Waals surface area contributed by atoms with Crippen molar-refractivity contribution < 1.29 is 14.4 Å². The van der Waals surface area contributed by atoms with E-state index < -0.39 is 5.54 Å². The van der Waals surface area contributed by atoms with Crippen LogP contribution in [0, 0.1) is 0 Å². The first-order chi connectivity index (χ1) is 15.5. The van der Waals surface area contributed by atoms with Gasteiger partial charge in [0.1, 0.15) is 5.54 Å². The molecule has 2 saturated heterocycles. The molecule has 8 heteroatoms. The number of benzene rings is 2. The van der Waals surface area contributed by atoms with Gasteiger partial charge >= 0.3 is 0 Å². The average molecular weight is 449 g/mol. The summed E-state index contributed by atoms with van der Waals surface area (Å²) in [5.41, 5.74) is 3.62. The van der Waals surface area contributed by atoms with Crippen molar-refractivity contribution in [3.63, 3.8) is 0 Å². The van der Waals surface area contributed by atoms with Crippen molar-refractivity contribution in [2.75, 3.05) is 31.1 Å². The number of hydrogen-bond donors (Lipinski definition) is 1. The molecular formula is C24H24N4O3S. The lowest BCUT2D eigenvalue weighted by Gasteiger charge is -2.37. The Morgan fingerprint density at radius 2 is 1.84 bits per heavy atom. The third-order valence-corrected chi connectivity index (χ3v) is 7.25. The van der Waals surface area contributed by atoms with Crippen LogP contribution in [0.4, 0.5) is 5.69 Å². The van der Waals surface area contributed by atoms with Crippen LogP contribution >= 0.6 is 11.3 Å². The van der Waals surface area contributed by atoms with Crippen LogP contribution in [0.2, 0.25) is 0 Å². The number of thiazole rings is 1. The van der Waals surface area contributed by atoms with Crippen LogP contribution in [0.5, 0.6) is 0 Å². The summed E-state index contributed by atoms with van der Waals surface area (Å²) in [6, 6.07) is 15.5. The van der Waals surface area contributed by atoms with E-state index >= 15 is 0 Å². The molecule has 0 spiro atoms. The van der Waals surface area contributed by atoms with Crippen molar-refractivity contribution >= 4 is 44.8 Å². The van der Waals surface area contributed by atoms with Crippen LogP contribution in [0.3, 0.4) is 0 Å². The maximum Gasteiger partial charge on any atom is 0.228 e. The highest BCUT2D eigenvalue weighted by atomic mass is 32.1. The largest absolute Gasteiger partial charge is 0.368 e. The van der Waals surface area contributed by atoms with E-state index in [0.717, 1.165) is 29.9 Å². The lowest BCUT2D eigenvalue weighted by Crippen LogP contribution is -2.50. The fourth-order valence-electron chi connectivity index (χ4n) is 4.66. The first-order valence-electron chi connectivity index (χ1n) is 10.8. The van der Waals surface area contributed by atoms with E-state index in [4.69, 9.17) is 0 Å². The number of nitrogens with one attached hydrogen (secondary N) is 1. The van der Waals surface area contributed by atoms with Crippen LogP contribution in [-0.4, -0.2) is 53.7 Å². The van der Waals surface area contributed by atoms with Crippen LogP contribution in [0.1, 0.15) is 24.8 Å². The number of nitrogens with zero attached hydrogens (tertiary/aromatic N) is 3. The quantitative estimate of drug-likeness (QED) is 0.607. The lowest BCUT2D eigenvalue weighted by atomic mass is 9.83. The van der Waals surface area contributed by atoms with E-state index in [-0.39, 0.29) is 36.9 Å². The first kappa shape index (κ1) is 20.6. The van der Waals surface area contributed by atoms with E-state index in [0.29, 0.717) is 13.1 Å². The third kappa shape index (κ3) is 3.75. The van der Waals surface area contributed by atoms with Gasteiger partial charge in [-0.25, -0.2) is 4.98 Å². The molecule has 1 atom stereocenters. The lowest BCUT2D eigenvalue weighted by molar-refractivity contribution is -0.132. The molecule has 0 bridgehead atoms. The van der Waals surface area contributed by atoms with Gasteiger partial charge < -0.3 is 15.1 Å². The van der Waals surface area contributed by atoms with Crippen LogP contribution in [0.25, 0.3) is 10.2 Å². The number of aromatic nitrogens is 1. The van der Waals surface area contributed by atoms with Gasteiger partial charge in [-0.3, -0.25) is 14.4 Å². The number of carbonyl (C=O) groups is 3. The highest BCUT2D eigenvalue weighted by Crippen LogP contribution is 2.33. The molecule has 0 saturated carbocycles. The van der Waals surface area contributed by atoms with Crippen molar-refractivity contribution in [3.05, 3.63) is 59.6 Å². The fraction of sp³-hybridized carbons (Fsp3) is 0.333. The average Bonchev–Trinajstić information content (AvgIpc) is 3.41. The number of fused-ring (bicyclic) bond motifs is 1. The molecule has 1 N–H and O–H groups in total. The Balaban J connectivity index is 1.22. The molecule has 1 aromatic heterocycles. The SMILES string of the molecule is O=C1CC(=O)C(CCC(=O)N2CCN(c3ccc4scnc4c3)CC2)(c2ccccc2)N1. The normalized spacial score (nSPS) is 21.2. The topological polar surface area (TPSA) is 82.6 Å². The van der Waals surface area contributed by atoms with Gasteiger partial charge in [0.2, 0.25) is 11.8 Å². The zero-order chi connectivity index (χ0) is 22.1. The summed E-state index contributed by atoms with van der Waals surface area (Å²) in [6.45, 7) is 2.76. The molecule has 1 unspecified atom stereocenters. The Kier molecular flexibility index (Phi) is 5.38. The van der Waals surface area contributed by atoms with E-state index in [2.05, 4.69) is 33.4 Å². The highest BCUT2D eigenvalue weighted by Gasteiger charge is 2.47. The molecule has 2 aliphatic heterocycles. The number of carbonyl (C=O) groups excluding carboxylic acids is 3. The Labute approximate surface area is 190 Å². The standard InChI is InChI=1S/C24H24N4O3S/c29-21-15-22(30)26-24(21,17-4-2-1-3-5-17)9-8-23(31)28-12-10-27(11-13-28)18-6-7-20-19(14-18)25-16-32-20/h1-7,14,16H,8-13,15H2,(H,26,30). The molecule has 2 aromatic carbocycles. The predicted molar refractivity (Wildman–Crippen MR) is 124 cm³/mol. The number of Topliss-reactive ketones (excluding diaryl/α,β-unsaturated/α-hetero) is 1. The number of anilines is 1. The molecule has 2 amide bonds. The fourth-order valence-corrected chi connectivity index (χ4v) is 5.32. The monoisotopic (exact) mass is 448 g/mol. The van der Waals surface area contributed by atoms with Crippen molar-refractivity contribution in [3.8, 4) is 0 Å². The van der Waals surface area contributed by atoms with Crippen molar-refractivity contribution in [1.82, 2.24) is 15.2 Å². The Hall–Kier alpha value is -3.26. The molecule has 3 aromatic rings. The molecule has 2 aliphatic rings. The molecule has 0 aliphatic carbocycles. The van der Waals surface area contributed by atoms with Gasteiger partial charge in [0.05, 0.1) is 22.1 Å². The summed E-state index contributed by atoms with van der Waals surface area (Å²) in [5, 5.41) is 2.86. The Morgan fingerprint density at radius 3 is 2.56 bits per heavy atom. The van der Waals surface area contributed by atoms with Crippen LogP contribution in [-0.2, 0) is 19.9 Å². The van der Waals surface area contributed by atoms with Gasteiger partial charge in [-0.05, 0) is 30.2 Å². The number of ketones is 1. The number of rotatable bonds is 5. The molecular weight excluding hydrogens is 424 g/mol. The number of hydrogen-bond acceptors (Lipinski definition) is 6. The van der Waals surface area contributed by atoms with E-state index in [1.807, 2.05) is 40.7 Å².